The van der Waals surface area contributed by atoms with Crippen molar-refractivity contribution in [2.75, 3.05) is 13.2 Å². The zero-order chi connectivity index (χ0) is 14.9. The summed E-state index contributed by atoms with van der Waals surface area (Å²) in [5.74, 6) is 0.649. The molecule has 2 rings (SSSR count). The zero-order valence-electron chi connectivity index (χ0n) is 13.3. The molecule has 2 unspecified atom stereocenters. The Morgan fingerprint density at radius 2 is 2.15 bits per heavy atom. The average Bonchev–Trinajstić information content (AvgIpc) is 2.24. The Morgan fingerprint density at radius 3 is 2.70 bits per heavy atom. The van der Waals surface area contributed by atoms with E-state index in [0.717, 1.165) is 12.8 Å². The number of nitrogens with zero attached hydrogens (tertiary/aromatic N) is 1. The van der Waals surface area contributed by atoms with E-state index in [0.29, 0.717) is 19.1 Å². The summed E-state index contributed by atoms with van der Waals surface area (Å²) in [6, 6.07) is 0.161. The Bertz CT molecular complexity index is 395. The van der Waals surface area contributed by atoms with Gasteiger partial charge in [-0.25, -0.2) is 4.79 Å². The molecule has 4 nitrogen and oxygen atoms in total. The molecule has 1 saturated heterocycles. The quantitative estimate of drug-likeness (QED) is 0.728. The minimum absolute atomic E-state index is 0.0334. The number of amides is 1. The van der Waals surface area contributed by atoms with E-state index in [1.165, 1.54) is 5.57 Å². The second-order valence-corrected chi connectivity index (χ2v) is 7.27. The molecule has 0 aliphatic carbocycles. The number of hydrogen-bond acceptors (Lipinski definition) is 3. The minimum Gasteiger partial charge on any atom is -0.444 e. The third-order valence-corrected chi connectivity index (χ3v) is 3.55. The fraction of sp³-hybridized carbons (Fsp3) is 0.812. The highest BCUT2D eigenvalue weighted by Crippen LogP contribution is 2.31. The third kappa shape index (κ3) is 3.75. The van der Waals surface area contributed by atoms with Gasteiger partial charge in [-0.05, 0) is 39.5 Å². The van der Waals surface area contributed by atoms with E-state index in [9.17, 15) is 4.79 Å². The average molecular weight is 281 g/mol. The topological polar surface area (TPSA) is 38.8 Å². The standard InChI is InChI=1S/C16H27NO3/c1-11(2)6-12-7-13-9-19-10-14(8-12)17(13)15(18)20-16(3,4)5/h7,11,13-14H,6,8-10H2,1-5H3. The van der Waals surface area contributed by atoms with Crippen molar-refractivity contribution in [3.8, 4) is 0 Å². The molecule has 0 N–H and O–H groups in total. The minimum atomic E-state index is -0.450. The molecule has 20 heavy (non-hydrogen) atoms. The maximum Gasteiger partial charge on any atom is 0.411 e. The Morgan fingerprint density at radius 1 is 1.45 bits per heavy atom. The molecule has 0 spiro atoms. The van der Waals surface area contributed by atoms with Crippen LogP contribution in [0.25, 0.3) is 0 Å². The van der Waals surface area contributed by atoms with Gasteiger partial charge in [0.25, 0.3) is 0 Å². The van der Waals surface area contributed by atoms with Crippen LogP contribution in [0, 0.1) is 5.92 Å². The third-order valence-electron chi connectivity index (χ3n) is 3.55. The monoisotopic (exact) mass is 281 g/mol. The van der Waals surface area contributed by atoms with Crippen LogP contribution in [0.1, 0.15) is 47.5 Å². The lowest BCUT2D eigenvalue weighted by Crippen LogP contribution is -2.57. The molecule has 2 bridgehead atoms. The van der Waals surface area contributed by atoms with Crippen LogP contribution in [-0.4, -0.2) is 41.9 Å². The number of morpholine rings is 1. The summed E-state index contributed by atoms with van der Waals surface area (Å²) in [6.07, 6.45) is 4.01. The van der Waals surface area contributed by atoms with E-state index in [-0.39, 0.29) is 18.2 Å². The molecule has 1 fully saturated rings. The highest BCUT2D eigenvalue weighted by Gasteiger charge is 2.39. The van der Waals surface area contributed by atoms with Gasteiger partial charge in [-0.3, -0.25) is 4.90 Å². The van der Waals surface area contributed by atoms with Crippen molar-refractivity contribution in [1.82, 2.24) is 4.90 Å². The molecule has 2 atom stereocenters. The van der Waals surface area contributed by atoms with Gasteiger partial charge >= 0.3 is 6.09 Å². The highest BCUT2D eigenvalue weighted by molar-refractivity contribution is 5.70. The van der Waals surface area contributed by atoms with Crippen LogP contribution in [0.15, 0.2) is 11.6 Å². The van der Waals surface area contributed by atoms with E-state index in [2.05, 4.69) is 19.9 Å². The molecule has 0 saturated carbocycles. The molecule has 2 aliphatic heterocycles. The predicted molar refractivity (Wildman–Crippen MR) is 78.6 cm³/mol. The van der Waals surface area contributed by atoms with Crippen LogP contribution in [0.2, 0.25) is 0 Å². The molecule has 1 amide bonds. The molecule has 0 aromatic carbocycles. The van der Waals surface area contributed by atoms with E-state index in [1.807, 2.05) is 25.7 Å². The largest absolute Gasteiger partial charge is 0.444 e. The summed E-state index contributed by atoms with van der Waals surface area (Å²) in [4.78, 5) is 14.2. The summed E-state index contributed by atoms with van der Waals surface area (Å²) >= 11 is 0. The summed E-state index contributed by atoms with van der Waals surface area (Å²) in [5.41, 5.74) is 1.01. The van der Waals surface area contributed by atoms with Crippen LogP contribution < -0.4 is 0 Å². The van der Waals surface area contributed by atoms with Crippen LogP contribution in [0.4, 0.5) is 4.79 Å². The summed E-state index contributed by atoms with van der Waals surface area (Å²) in [6.45, 7) is 11.4. The lowest BCUT2D eigenvalue weighted by molar-refractivity contribution is -0.0538. The predicted octanol–water partition coefficient (Wildman–Crippen LogP) is 3.37. The number of fused-ring (bicyclic) bond motifs is 2. The van der Waals surface area contributed by atoms with Crippen molar-refractivity contribution >= 4 is 6.09 Å². The number of hydrogen-bond donors (Lipinski definition) is 0. The number of carbonyl (C=O) groups is 1. The summed E-state index contributed by atoms with van der Waals surface area (Å²) in [7, 11) is 0. The number of ether oxygens (including phenoxy) is 2. The molecule has 0 aromatic rings. The summed E-state index contributed by atoms with van der Waals surface area (Å²) in [5, 5.41) is 0. The number of rotatable bonds is 2. The van der Waals surface area contributed by atoms with E-state index >= 15 is 0 Å². The van der Waals surface area contributed by atoms with Gasteiger partial charge in [0.1, 0.15) is 5.60 Å². The molecule has 2 heterocycles. The van der Waals surface area contributed by atoms with Gasteiger partial charge in [0, 0.05) is 0 Å². The Hall–Kier alpha value is -1.03. The van der Waals surface area contributed by atoms with Crippen LogP contribution >= 0.6 is 0 Å². The maximum atomic E-state index is 12.4. The Labute approximate surface area is 122 Å². The number of carbonyl (C=O) groups excluding carboxylic acids is 1. The Kier molecular flexibility index (Phi) is 4.43. The van der Waals surface area contributed by atoms with Gasteiger partial charge in [-0.2, -0.15) is 0 Å². The van der Waals surface area contributed by atoms with Crippen LogP contribution in [-0.2, 0) is 9.47 Å². The van der Waals surface area contributed by atoms with Crippen molar-refractivity contribution in [1.29, 1.82) is 0 Å². The second kappa shape index (κ2) is 5.76. The van der Waals surface area contributed by atoms with Crippen molar-refractivity contribution in [3.05, 3.63) is 11.6 Å². The lowest BCUT2D eigenvalue weighted by atomic mass is 9.89. The molecular weight excluding hydrogens is 254 g/mol. The van der Waals surface area contributed by atoms with Gasteiger partial charge in [0.05, 0.1) is 25.3 Å². The van der Waals surface area contributed by atoms with Gasteiger partial charge in [-0.1, -0.05) is 25.5 Å². The van der Waals surface area contributed by atoms with E-state index in [1.54, 1.807) is 0 Å². The van der Waals surface area contributed by atoms with Crippen molar-refractivity contribution in [3.63, 3.8) is 0 Å². The highest BCUT2D eigenvalue weighted by atomic mass is 16.6. The van der Waals surface area contributed by atoms with Crippen LogP contribution in [0.5, 0.6) is 0 Å². The lowest BCUT2D eigenvalue weighted by Gasteiger charge is -2.44. The fourth-order valence-electron chi connectivity index (χ4n) is 2.96. The van der Waals surface area contributed by atoms with Crippen molar-refractivity contribution in [2.24, 2.45) is 5.92 Å². The summed E-state index contributed by atoms with van der Waals surface area (Å²) < 4.78 is 11.1. The molecule has 4 heteroatoms. The van der Waals surface area contributed by atoms with Gasteiger partial charge in [0.15, 0.2) is 0 Å². The Balaban J connectivity index is 2.12. The SMILES string of the molecule is CC(C)CC1=CC2COCC(C1)N2C(=O)OC(C)(C)C. The van der Waals surface area contributed by atoms with Crippen LogP contribution in [0.3, 0.4) is 0 Å². The molecule has 114 valence electrons. The first-order valence-electron chi connectivity index (χ1n) is 7.55. The first-order chi connectivity index (χ1) is 9.26. The molecule has 0 aromatic heterocycles. The van der Waals surface area contributed by atoms with Gasteiger partial charge in [-0.15, -0.1) is 0 Å². The van der Waals surface area contributed by atoms with Gasteiger partial charge < -0.3 is 9.47 Å². The maximum absolute atomic E-state index is 12.4. The molecule has 2 aliphatic rings. The first kappa shape index (κ1) is 15.4. The van der Waals surface area contributed by atoms with Gasteiger partial charge in [0.2, 0.25) is 0 Å². The normalized spacial score (nSPS) is 26.5. The fourth-order valence-corrected chi connectivity index (χ4v) is 2.96. The second-order valence-electron chi connectivity index (χ2n) is 7.27. The van der Waals surface area contributed by atoms with Crippen molar-refractivity contribution < 1.29 is 14.3 Å². The first-order valence-corrected chi connectivity index (χ1v) is 7.55. The molecular formula is C16H27NO3. The van der Waals surface area contributed by atoms with Crippen molar-refractivity contribution in [2.45, 2.75) is 65.1 Å². The molecule has 0 radical (unpaired) electrons. The zero-order valence-corrected chi connectivity index (χ0v) is 13.3. The smallest absolute Gasteiger partial charge is 0.411 e. The van der Waals surface area contributed by atoms with E-state index < -0.39 is 5.60 Å². The van der Waals surface area contributed by atoms with E-state index in [4.69, 9.17) is 9.47 Å².